The highest BCUT2D eigenvalue weighted by molar-refractivity contribution is 5.80. The Hall–Kier alpha value is -0.810. The molecule has 0 spiro atoms. The van der Waals surface area contributed by atoms with E-state index >= 15 is 0 Å². The molecule has 0 radical (unpaired) electrons. The van der Waals surface area contributed by atoms with E-state index in [1.165, 1.54) is 44.9 Å². The van der Waals surface area contributed by atoms with Gasteiger partial charge in [-0.1, -0.05) is 19.3 Å². The van der Waals surface area contributed by atoms with Crippen molar-refractivity contribution in [3.63, 3.8) is 0 Å². The minimum atomic E-state index is 0.390. The van der Waals surface area contributed by atoms with E-state index in [0.717, 1.165) is 24.8 Å². The fourth-order valence-electron chi connectivity index (χ4n) is 4.65. The van der Waals surface area contributed by atoms with E-state index in [1.807, 2.05) is 7.05 Å². The lowest BCUT2D eigenvalue weighted by molar-refractivity contribution is 0.0991. The molecule has 1 aliphatic carbocycles. The molecule has 23 heavy (non-hydrogen) atoms. The van der Waals surface area contributed by atoms with Crippen LogP contribution in [0.4, 0.5) is 0 Å². The Morgan fingerprint density at radius 3 is 2.52 bits per heavy atom. The zero-order chi connectivity index (χ0) is 16.2. The van der Waals surface area contributed by atoms with Gasteiger partial charge in [0.1, 0.15) is 0 Å². The molecule has 0 aromatic carbocycles. The molecular formula is C18H34N4O. The monoisotopic (exact) mass is 322 g/mol. The highest BCUT2D eigenvalue weighted by Crippen LogP contribution is 2.34. The van der Waals surface area contributed by atoms with Gasteiger partial charge in [0, 0.05) is 19.6 Å². The number of hydrogen-bond acceptors (Lipinski definition) is 3. The van der Waals surface area contributed by atoms with Crippen LogP contribution in [0, 0.1) is 5.92 Å². The molecule has 2 N–H and O–H groups in total. The summed E-state index contributed by atoms with van der Waals surface area (Å²) in [6.45, 7) is 0.971. The molecule has 2 aliphatic heterocycles. The van der Waals surface area contributed by atoms with E-state index in [9.17, 15) is 0 Å². The highest BCUT2D eigenvalue weighted by atomic mass is 16.5. The highest BCUT2D eigenvalue weighted by Gasteiger charge is 2.41. The zero-order valence-electron chi connectivity index (χ0n) is 15.1. The second kappa shape index (κ2) is 7.84. The van der Waals surface area contributed by atoms with Crippen molar-refractivity contribution in [1.29, 1.82) is 0 Å². The first-order valence-electron chi connectivity index (χ1n) is 9.46. The molecule has 3 rings (SSSR count). The van der Waals surface area contributed by atoms with Crippen molar-refractivity contribution < 1.29 is 4.74 Å². The first kappa shape index (κ1) is 17.0. The summed E-state index contributed by atoms with van der Waals surface area (Å²) in [5.74, 6) is 1.75. The van der Waals surface area contributed by atoms with Crippen LogP contribution < -0.4 is 10.6 Å². The van der Waals surface area contributed by atoms with Crippen LogP contribution in [0.3, 0.4) is 0 Å². The van der Waals surface area contributed by atoms with E-state index in [2.05, 4.69) is 34.6 Å². The summed E-state index contributed by atoms with van der Waals surface area (Å²) in [7, 11) is 6.29. The maximum atomic E-state index is 5.94. The number of aliphatic imine (C=N–C) groups is 1. The molecule has 2 saturated heterocycles. The topological polar surface area (TPSA) is 48.9 Å². The van der Waals surface area contributed by atoms with Gasteiger partial charge < -0.3 is 20.3 Å². The third kappa shape index (κ3) is 4.18. The van der Waals surface area contributed by atoms with Crippen molar-refractivity contribution in [2.24, 2.45) is 10.9 Å². The van der Waals surface area contributed by atoms with Crippen LogP contribution in [0.2, 0.25) is 0 Å². The second-order valence-corrected chi connectivity index (χ2v) is 7.74. The average Bonchev–Trinajstić information content (AvgIpc) is 3.17. The van der Waals surface area contributed by atoms with Gasteiger partial charge in [0.25, 0.3) is 0 Å². The second-order valence-electron chi connectivity index (χ2n) is 7.74. The average molecular weight is 322 g/mol. The van der Waals surface area contributed by atoms with E-state index in [1.54, 1.807) is 0 Å². The number of likely N-dealkylation sites (N-methyl/N-ethyl adjacent to an activating group) is 1. The van der Waals surface area contributed by atoms with Crippen molar-refractivity contribution in [2.45, 2.75) is 75.7 Å². The van der Waals surface area contributed by atoms with Gasteiger partial charge in [0.2, 0.25) is 0 Å². The molecule has 3 aliphatic rings. The Morgan fingerprint density at radius 2 is 1.96 bits per heavy atom. The molecule has 4 unspecified atom stereocenters. The van der Waals surface area contributed by atoms with Crippen LogP contribution in [-0.2, 0) is 4.74 Å². The smallest absolute Gasteiger partial charge is 0.191 e. The summed E-state index contributed by atoms with van der Waals surface area (Å²) in [5.41, 5.74) is 0. The molecule has 5 heteroatoms. The van der Waals surface area contributed by atoms with Gasteiger partial charge in [0.15, 0.2) is 5.96 Å². The van der Waals surface area contributed by atoms with Gasteiger partial charge in [0.05, 0.1) is 18.2 Å². The normalized spacial score (nSPS) is 33.2. The van der Waals surface area contributed by atoms with Crippen LogP contribution in [0.5, 0.6) is 0 Å². The minimum absolute atomic E-state index is 0.390. The van der Waals surface area contributed by atoms with Crippen LogP contribution in [0.15, 0.2) is 4.99 Å². The minimum Gasteiger partial charge on any atom is -0.373 e. The van der Waals surface area contributed by atoms with E-state index < -0.39 is 0 Å². The summed E-state index contributed by atoms with van der Waals surface area (Å²) in [4.78, 5) is 6.82. The van der Waals surface area contributed by atoms with Gasteiger partial charge in [-0.3, -0.25) is 4.99 Å². The number of nitrogens with one attached hydrogen (secondary N) is 2. The lowest BCUT2D eigenvalue weighted by atomic mass is 9.83. The molecule has 2 bridgehead atoms. The summed E-state index contributed by atoms with van der Waals surface area (Å²) >= 11 is 0. The quantitative estimate of drug-likeness (QED) is 0.600. The summed E-state index contributed by atoms with van der Waals surface area (Å²) in [6, 6.07) is 1.03. The number of guanidine groups is 1. The van der Waals surface area contributed by atoms with Gasteiger partial charge in [-0.25, -0.2) is 0 Å². The first-order valence-corrected chi connectivity index (χ1v) is 9.46. The molecule has 0 amide bonds. The van der Waals surface area contributed by atoms with E-state index in [-0.39, 0.29) is 0 Å². The molecule has 2 heterocycles. The standard InChI is InChI=1S/C18H34N4O/c1-19-18(21-15-11-14-9-10-17(15)23-14)20-12-16(22(2)3)13-7-5-4-6-8-13/h13-17H,4-12H2,1-3H3,(H2,19,20,21). The Kier molecular flexibility index (Phi) is 5.81. The molecule has 5 nitrogen and oxygen atoms in total. The molecule has 0 aromatic rings. The maximum Gasteiger partial charge on any atom is 0.191 e. The molecule has 1 saturated carbocycles. The Labute approximate surface area is 141 Å². The molecule has 4 atom stereocenters. The van der Waals surface area contributed by atoms with Crippen molar-refractivity contribution in [2.75, 3.05) is 27.7 Å². The number of hydrogen-bond donors (Lipinski definition) is 2. The lowest BCUT2D eigenvalue weighted by Crippen LogP contribution is -2.52. The van der Waals surface area contributed by atoms with Crippen LogP contribution in [0.1, 0.15) is 51.4 Å². The molecular weight excluding hydrogens is 288 g/mol. The first-order chi connectivity index (χ1) is 11.2. The Balaban J connectivity index is 1.49. The van der Waals surface area contributed by atoms with E-state index in [4.69, 9.17) is 4.74 Å². The third-order valence-corrected chi connectivity index (χ3v) is 5.99. The van der Waals surface area contributed by atoms with Crippen molar-refractivity contribution >= 4 is 5.96 Å². The van der Waals surface area contributed by atoms with Crippen molar-refractivity contribution in [3.8, 4) is 0 Å². The zero-order valence-corrected chi connectivity index (χ0v) is 15.1. The fraction of sp³-hybridized carbons (Fsp3) is 0.944. The summed E-state index contributed by atoms with van der Waals surface area (Å²) in [5, 5.41) is 7.17. The van der Waals surface area contributed by atoms with Crippen LogP contribution in [-0.4, -0.2) is 62.8 Å². The van der Waals surface area contributed by atoms with Crippen molar-refractivity contribution in [3.05, 3.63) is 0 Å². The number of rotatable bonds is 5. The largest absolute Gasteiger partial charge is 0.373 e. The third-order valence-electron chi connectivity index (χ3n) is 5.99. The molecule has 3 fully saturated rings. The SMILES string of the molecule is CN=C(NCC(C1CCCCC1)N(C)C)NC1CC2CCC1O2. The summed E-state index contributed by atoms with van der Waals surface area (Å²) < 4.78 is 5.94. The lowest BCUT2D eigenvalue weighted by Gasteiger charge is -2.35. The number of ether oxygens (including phenoxy) is 1. The van der Waals surface area contributed by atoms with Gasteiger partial charge in [-0.2, -0.15) is 0 Å². The fourth-order valence-corrected chi connectivity index (χ4v) is 4.65. The number of fused-ring (bicyclic) bond motifs is 2. The van der Waals surface area contributed by atoms with Crippen LogP contribution >= 0.6 is 0 Å². The molecule has 0 aromatic heterocycles. The van der Waals surface area contributed by atoms with Crippen LogP contribution in [0.25, 0.3) is 0 Å². The predicted molar refractivity (Wildman–Crippen MR) is 94.8 cm³/mol. The molecule has 132 valence electrons. The summed E-state index contributed by atoms with van der Waals surface area (Å²) in [6.07, 6.45) is 11.4. The van der Waals surface area contributed by atoms with Gasteiger partial charge in [-0.15, -0.1) is 0 Å². The Morgan fingerprint density at radius 1 is 1.17 bits per heavy atom. The van der Waals surface area contributed by atoms with E-state index in [0.29, 0.717) is 24.3 Å². The number of nitrogens with zero attached hydrogens (tertiary/aromatic N) is 2. The maximum absolute atomic E-state index is 5.94. The predicted octanol–water partition coefficient (Wildman–Crippen LogP) is 1.98. The Bertz CT molecular complexity index is 406. The van der Waals surface area contributed by atoms with Crippen molar-refractivity contribution in [1.82, 2.24) is 15.5 Å². The van der Waals surface area contributed by atoms with Gasteiger partial charge >= 0.3 is 0 Å². The van der Waals surface area contributed by atoms with Gasteiger partial charge in [-0.05, 0) is 52.1 Å².